The Kier molecular flexibility index (Phi) is 5.93. The summed E-state index contributed by atoms with van der Waals surface area (Å²) in [5.41, 5.74) is 7.42. The third-order valence-corrected chi connectivity index (χ3v) is 4.40. The van der Waals surface area contributed by atoms with Gasteiger partial charge in [-0.25, -0.2) is 0 Å². The zero-order valence-corrected chi connectivity index (χ0v) is 11.4. The van der Waals surface area contributed by atoms with Gasteiger partial charge in [0.2, 0.25) is 0 Å². The van der Waals surface area contributed by atoms with E-state index in [-0.39, 0.29) is 6.04 Å². The normalized spacial score (nSPS) is 14.8. The minimum Gasteiger partial charge on any atom is -0.324 e. The van der Waals surface area contributed by atoms with Crippen LogP contribution in [0, 0.1) is 5.92 Å². The highest BCUT2D eigenvalue weighted by atomic mass is 32.2. The second-order valence-electron chi connectivity index (χ2n) is 4.38. The Morgan fingerprint density at radius 1 is 1.19 bits per heavy atom. The van der Waals surface area contributed by atoms with Crippen molar-refractivity contribution in [3.63, 3.8) is 0 Å². The molecule has 1 unspecified atom stereocenters. The van der Waals surface area contributed by atoms with Gasteiger partial charge in [-0.3, -0.25) is 0 Å². The van der Waals surface area contributed by atoms with Gasteiger partial charge in [-0.1, -0.05) is 45.4 Å². The molecule has 0 saturated carbocycles. The van der Waals surface area contributed by atoms with E-state index in [1.807, 2.05) is 11.8 Å². The summed E-state index contributed by atoms with van der Waals surface area (Å²) < 4.78 is 0. The van der Waals surface area contributed by atoms with Crippen LogP contribution in [-0.2, 0) is 0 Å². The monoisotopic (exact) mass is 237 g/mol. The van der Waals surface area contributed by atoms with Crippen LogP contribution >= 0.6 is 11.8 Å². The van der Waals surface area contributed by atoms with E-state index < -0.39 is 0 Å². The molecule has 1 aromatic rings. The van der Waals surface area contributed by atoms with Crippen LogP contribution in [0.5, 0.6) is 0 Å². The first-order valence-electron chi connectivity index (χ1n) is 6.16. The van der Waals surface area contributed by atoms with Gasteiger partial charge in [0.05, 0.1) is 0 Å². The van der Waals surface area contributed by atoms with Crippen molar-refractivity contribution in [3.05, 3.63) is 29.8 Å². The molecular formula is C14H23NS. The molecule has 0 radical (unpaired) electrons. The Morgan fingerprint density at radius 2 is 1.88 bits per heavy atom. The fraction of sp³-hybridized carbons (Fsp3) is 0.571. The van der Waals surface area contributed by atoms with E-state index in [9.17, 15) is 0 Å². The maximum Gasteiger partial charge on any atom is 0.0303 e. The number of rotatable bonds is 6. The summed E-state index contributed by atoms with van der Waals surface area (Å²) in [6.07, 6.45) is 2.25. The van der Waals surface area contributed by atoms with Crippen molar-refractivity contribution in [2.24, 2.45) is 11.7 Å². The van der Waals surface area contributed by atoms with Crippen molar-refractivity contribution < 1.29 is 0 Å². The Hall–Kier alpha value is -0.470. The Morgan fingerprint density at radius 3 is 2.50 bits per heavy atom. The summed E-state index contributed by atoms with van der Waals surface area (Å²) >= 11 is 1.94. The second-order valence-corrected chi connectivity index (χ2v) is 5.44. The lowest BCUT2D eigenvalue weighted by Gasteiger charge is -2.15. The Bertz CT molecular complexity index is 311. The lowest BCUT2D eigenvalue weighted by molar-refractivity contribution is 0.636. The molecule has 0 heterocycles. The van der Waals surface area contributed by atoms with Gasteiger partial charge in [-0.2, -0.15) is 0 Å². The minimum absolute atomic E-state index is 0.181. The molecule has 2 heteroatoms. The summed E-state index contributed by atoms with van der Waals surface area (Å²) in [6.45, 7) is 6.69. The lowest BCUT2D eigenvalue weighted by Crippen LogP contribution is -2.10. The zero-order chi connectivity index (χ0) is 12.0. The van der Waals surface area contributed by atoms with Gasteiger partial charge < -0.3 is 5.73 Å². The summed E-state index contributed by atoms with van der Waals surface area (Å²) in [7, 11) is 0. The third-order valence-electron chi connectivity index (χ3n) is 2.98. The Balaban J connectivity index is 2.71. The summed E-state index contributed by atoms with van der Waals surface area (Å²) in [5, 5.41) is 0. The number of benzene rings is 1. The average molecular weight is 237 g/mol. The first-order valence-corrected chi connectivity index (χ1v) is 7.14. The van der Waals surface area contributed by atoms with Crippen molar-refractivity contribution in [3.8, 4) is 0 Å². The molecule has 0 saturated heterocycles. The van der Waals surface area contributed by atoms with Crippen molar-refractivity contribution in [2.45, 2.75) is 44.6 Å². The number of hydrogen-bond donors (Lipinski definition) is 1. The highest BCUT2D eigenvalue weighted by molar-refractivity contribution is 7.99. The maximum atomic E-state index is 6.12. The van der Waals surface area contributed by atoms with E-state index in [1.165, 1.54) is 22.6 Å². The van der Waals surface area contributed by atoms with E-state index in [0.29, 0.717) is 0 Å². The summed E-state index contributed by atoms with van der Waals surface area (Å²) in [5.74, 6) is 1.96. The van der Waals surface area contributed by atoms with Crippen LogP contribution in [0.3, 0.4) is 0 Å². The van der Waals surface area contributed by atoms with Crippen LogP contribution in [-0.4, -0.2) is 5.75 Å². The quantitative estimate of drug-likeness (QED) is 0.749. The van der Waals surface area contributed by atoms with E-state index >= 15 is 0 Å². The maximum absolute atomic E-state index is 6.12. The van der Waals surface area contributed by atoms with Crippen LogP contribution in [0.4, 0.5) is 0 Å². The smallest absolute Gasteiger partial charge is 0.0303 e. The molecule has 16 heavy (non-hydrogen) atoms. The van der Waals surface area contributed by atoms with Crippen molar-refractivity contribution >= 4 is 11.8 Å². The molecule has 1 rings (SSSR count). The third kappa shape index (κ3) is 3.84. The first kappa shape index (κ1) is 13.6. The molecular weight excluding hydrogens is 214 g/mol. The Labute approximate surface area is 104 Å². The van der Waals surface area contributed by atoms with Crippen LogP contribution in [0.1, 0.15) is 45.2 Å². The fourth-order valence-electron chi connectivity index (χ4n) is 1.49. The molecule has 0 bridgehead atoms. The topological polar surface area (TPSA) is 26.0 Å². The number of thioether (sulfide) groups is 1. The van der Waals surface area contributed by atoms with Gasteiger partial charge in [-0.05, 0) is 24.0 Å². The predicted molar refractivity (Wildman–Crippen MR) is 73.8 cm³/mol. The minimum atomic E-state index is 0.181. The van der Waals surface area contributed by atoms with Crippen LogP contribution in [0.2, 0.25) is 0 Å². The van der Waals surface area contributed by atoms with Gasteiger partial charge in [0.1, 0.15) is 0 Å². The van der Waals surface area contributed by atoms with Gasteiger partial charge >= 0.3 is 0 Å². The van der Waals surface area contributed by atoms with E-state index in [2.05, 4.69) is 45.0 Å². The van der Waals surface area contributed by atoms with Crippen LogP contribution < -0.4 is 5.73 Å². The van der Waals surface area contributed by atoms with Crippen molar-refractivity contribution in [2.75, 3.05) is 5.75 Å². The lowest BCUT2D eigenvalue weighted by atomic mass is 10.1. The van der Waals surface area contributed by atoms with E-state index in [0.717, 1.165) is 12.3 Å². The fourth-order valence-corrected chi connectivity index (χ4v) is 2.75. The molecule has 0 aliphatic carbocycles. The highest BCUT2D eigenvalue weighted by Crippen LogP contribution is 2.29. The molecule has 0 aliphatic heterocycles. The largest absolute Gasteiger partial charge is 0.324 e. The van der Waals surface area contributed by atoms with Gasteiger partial charge in [0.15, 0.2) is 0 Å². The van der Waals surface area contributed by atoms with E-state index in [1.54, 1.807) is 0 Å². The molecule has 0 spiro atoms. The number of nitrogens with two attached hydrogens (primary N) is 1. The van der Waals surface area contributed by atoms with Gasteiger partial charge in [0, 0.05) is 16.7 Å². The standard InChI is InChI=1S/C14H23NS/c1-4-11(3)10-16-14-9-7-6-8-12(14)13(15)5-2/h6-9,11,13H,4-5,10,15H2,1-3H3/t11?,13-/m0/s1. The zero-order valence-electron chi connectivity index (χ0n) is 10.6. The molecule has 2 atom stereocenters. The van der Waals surface area contributed by atoms with E-state index in [4.69, 9.17) is 5.73 Å². The van der Waals surface area contributed by atoms with Crippen LogP contribution in [0.25, 0.3) is 0 Å². The van der Waals surface area contributed by atoms with Crippen LogP contribution in [0.15, 0.2) is 29.2 Å². The molecule has 1 aromatic carbocycles. The van der Waals surface area contributed by atoms with Crippen molar-refractivity contribution in [1.29, 1.82) is 0 Å². The molecule has 2 N–H and O–H groups in total. The number of hydrogen-bond acceptors (Lipinski definition) is 2. The molecule has 0 aliphatic rings. The first-order chi connectivity index (χ1) is 7.69. The molecule has 0 amide bonds. The highest BCUT2D eigenvalue weighted by Gasteiger charge is 2.09. The second kappa shape index (κ2) is 6.97. The molecule has 0 fully saturated rings. The SMILES string of the molecule is CCC(C)CSc1ccccc1[C@@H](N)CC. The van der Waals surface area contributed by atoms with Crippen molar-refractivity contribution in [1.82, 2.24) is 0 Å². The summed E-state index contributed by atoms with van der Waals surface area (Å²) in [6, 6.07) is 8.72. The molecule has 0 aromatic heterocycles. The molecule has 1 nitrogen and oxygen atoms in total. The summed E-state index contributed by atoms with van der Waals surface area (Å²) in [4.78, 5) is 1.36. The molecule has 90 valence electrons. The van der Waals surface area contributed by atoms with Gasteiger partial charge in [-0.15, -0.1) is 11.8 Å². The predicted octanol–water partition coefficient (Wildman–Crippen LogP) is 4.23. The van der Waals surface area contributed by atoms with Gasteiger partial charge in [0.25, 0.3) is 0 Å². The average Bonchev–Trinajstić information content (AvgIpc) is 2.35.